The van der Waals surface area contributed by atoms with Gasteiger partial charge in [-0.3, -0.25) is 0 Å². The minimum atomic E-state index is 0.335. The zero-order valence-electron chi connectivity index (χ0n) is 2.61. The van der Waals surface area contributed by atoms with E-state index in [-0.39, 0.29) is 0 Å². The first kappa shape index (κ1) is 4.78. The Labute approximate surface area is 36.2 Å². The van der Waals surface area contributed by atoms with Crippen LogP contribution in [-0.4, -0.2) is 0 Å². The summed E-state index contributed by atoms with van der Waals surface area (Å²) in [4.78, 5) is 0. The molecule has 0 aromatic heterocycles. The Balaban J connectivity index is 2.48. The van der Waals surface area contributed by atoms with Crippen LogP contribution in [0.1, 0.15) is 6.42 Å². The van der Waals surface area contributed by atoms with Crippen LogP contribution in [0, 0.1) is 17.2 Å². The van der Waals surface area contributed by atoms with Crippen molar-refractivity contribution in [3.05, 3.63) is 5.88 Å². The van der Waals surface area contributed by atoms with E-state index in [0.717, 1.165) is 0 Å². The van der Waals surface area contributed by atoms with Gasteiger partial charge in [-0.05, 0) is 0 Å². The molecule has 0 saturated heterocycles. The van der Waals surface area contributed by atoms with E-state index in [2.05, 4.69) is 0 Å². The lowest BCUT2D eigenvalue weighted by Gasteiger charge is -1.62. The summed E-state index contributed by atoms with van der Waals surface area (Å²) in [7, 11) is 0. The van der Waals surface area contributed by atoms with Crippen molar-refractivity contribution in [2.75, 3.05) is 0 Å². The summed E-state index contributed by atoms with van der Waals surface area (Å²) in [6.07, 6.45) is 0.335. The molecule has 27 valence electrons. The van der Waals surface area contributed by atoms with Gasteiger partial charge < -0.3 is 0 Å². The molecular weight excluding hydrogens is 85.5 g/mol. The van der Waals surface area contributed by atoms with Crippen LogP contribution >= 0.6 is 11.6 Å². The minimum Gasteiger partial charge on any atom is -0.198 e. The Bertz CT molecular complexity index is 45.3. The number of nitrogens with zero attached hydrogens (tertiary/aromatic N) is 1. The highest BCUT2D eigenvalue weighted by Crippen LogP contribution is 1.85. The fraction of sp³-hybridized carbons (Fsp3) is 0.333. The molecule has 0 aromatic rings. The zero-order chi connectivity index (χ0) is 4.12. The normalized spacial score (nSPS) is 6.40. The monoisotopic (exact) mass is 88.0 g/mol. The van der Waals surface area contributed by atoms with Gasteiger partial charge in [0.2, 0.25) is 0 Å². The van der Waals surface area contributed by atoms with Crippen molar-refractivity contribution < 1.29 is 0 Å². The summed E-state index contributed by atoms with van der Waals surface area (Å²) in [5, 5.41) is 7.70. The molecular formula is C3H3ClN. The second-order valence-corrected chi connectivity index (χ2v) is 0.825. The summed E-state index contributed by atoms with van der Waals surface area (Å²) in [5.41, 5.74) is 0. The van der Waals surface area contributed by atoms with E-state index in [0.29, 0.717) is 6.42 Å². The summed E-state index contributed by atoms with van der Waals surface area (Å²) in [5.74, 6) is 1.29. The molecule has 0 rings (SSSR count). The number of hydrogen-bond donors (Lipinski definition) is 0. The SMILES string of the molecule is N#CC[CH]Cl. The second-order valence-electron chi connectivity index (χ2n) is 0.517. The molecule has 0 aromatic carbocycles. The summed E-state index contributed by atoms with van der Waals surface area (Å²) >= 11 is 4.95. The van der Waals surface area contributed by atoms with Gasteiger partial charge in [-0.1, -0.05) is 0 Å². The smallest absolute Gasteiger partial charge is 0.0639 e. The molecule has 0 amide bonds. The molecule has 0 saturated carbocycles. The molecule has 0 aliphatic heterocycles. The van der Waals surface area contributed by atoms with Gasteiger partial charge in [0.1, 0.15) is 0 Å². The number of halogens is 1. The highest BCUT2D eigenvalue weighted by Gasteiger charge is 1.69. The zero-order valence-corrected chi connectivity index (χ0v) is 3.37. The molecule has 0 bridgehead atoms. The quantitative estimate of drug-likeness (QED) is 0.474. The Morgan fingerprint density at radius 2 is 2.60 bits per heavy atom. The van der Waals surface area contributed by atoms with Crippen LogP contribution < -0.4 is 0 Å². The Kier molecular flexibility index (Phi) is 3.61. The predicted octanol–water partition coefficient (Wildman–Crippen LogP) is 1.30. The van der Waals surface area contributed by atoms with Crippen LogP contribution in [-0.2, 0) is 0 Å². The van der Waals surface area contributed by atoms with E-state index in [1.807, 2.05) is 6.07 Å². The fourth-order valence-electron chi connectivity index (χ4n) is 0.0345. The maximum Gasteiger partial charge on any atom is 0.0639 e. The first-order valence-corrected chi connectivity index (χ1v) is 1.64. The second kappa shape index (κ2) is 3.78. The summed E-state index contributed by atoms with van der Waals surface area (Å²) in [6.45, 7) is 0. The van der Waals surface area contributed by atoms with Gasteiger partial charge in [-0.15, -0.1) is 11.6 Å². The lowest BCUT2D eigenvalue weighted by Crippen LogP contribution is -1.51. The Morgan fingerprint density at radius 3 is 2.60 bits per heavy atom. The molecule has 5 heavy (non-hydrogen) atoms. The number of rotatable bonds is 1. The highest BCUT2D eigenvalue weighted by molar-refractivity contribution is 6.23. The van der Waals surface area contributed by atoms with Gasteiger partial charge in [0.05, 0.1) is 18.4 Å². The van der Waals surface area contributed by atoms with Gasteiger partial charge >= 0.3 is 0 Å². The van der Waals surface area contributed by atoms with E-state index in [4.69, 9.17) is 16.9 Å². The first-order chi connectivity index (χ1) is 2.41. The van der Waals surface area contributed by atoms with Crippen molar-refractivity contribution >= 4 is 11.6 Å². The van der Waals surface area contributed by atoms with Gasteiger partial charge in [0.25, 0.3) is 0 Å². The van der Waals surface area contributed by atoms with Crippen LogP contribution in [0.25, 0.3) is 0 Å². The third-order valence-electron chi connectivity index (χ3n) is 0.168. The third kappa shape index (κ3) is 3.78. The van der Waals surface area contributed by atoms with Gasteiger partial charge in [-0.25, -0.2) is 0 Å². The van der Waals surface area contributed by atoms with E-state index in [9.17, 15) is 0 Å². The van der Waals surface area contributed by atoms with Crippen LogP contribution in [0.15, 0.2) is 0 Å². The first-order valence-electron chi connectivity index (χ1n) is 1.20. The van der Waals surface area contributed by atoms with Crippen molar-refractivity contribution in [3.63, 3.8) is 0 Å². The molecule has 1 radical (unpaired) electrons. The lowest BCUT2D eigenvalue weighted by atomic mass is 10.6. The highest BCUT2D eigenvalue weighted by atomic mass is 35.5. The lowest BCUT2D eigenvalue weighted by molar-refractivity contribution is 1.33. The molecule has 0 fully saturated rings. The minimum absolute atomic E-state index is 0.335. The summed E-state index contributed by atoms with van der Waals surface area (Å²) in [6, 6.07) is 1.83. The van der Waals surface area contributed by atoms with Crippen LogP contribution in [0.5, 0.6) is 0 Å². The molecule has 0 spiro atoms. The average Bonchev–Trinajstić information content (AvgIpc) is 1.41. The Hall–Kier alpha value is -0.220. The van der Waals surface area contributed by atoms with E-state index in [1.54, 1.807) is 0 Å². The van der Waals surface area contributed by atoms with Crippen molar-refractivity contribution in [3.8, 4) is 6.07 Å². The van der Waals surface area contributed by atoms with Crippen molar-refractivity contribution in [2.24, 2.45) is 0 Å². The molecule has 1 nitrogen and oxygen atoms in total. The topological polar surface area (TPSA) is 23.8 Å². The number of hydrogen-bond acceptors (Lipinski definition) is 1. The number of nitriles is 1. The molecule has 0 unspecified atom stereocenters. The van der Waals surface area contributed by atoms with Crippen LogP contribution in [0.4, 0.5) is 0 Å². The van der Waals surface area contributed by atoms with Gasteiger partial charge in [-0.2, -0.15) is 5.26 Å². The Morgan fingerprint density at radius 1 is 2.00 bits per heavy atom. The largest absolute Gasteiger partial charge is 0.198 e. The maximum atomic E-state index is 7.70. The average molecular weight is 88.5 g/mol. The van der Waals surface area contributed by atoms with Gasteiger partial charge in [0, 0.05) is 0 Å². The molecule has 0 atom stereocenters. The van der Waals surface area contributed by atoms with Crippen molar-refractivity contribution in [1.82, 2.24) is 0 Å². The summed E-state index contributed by atoms with van der Waals surface area (Å²) < 4.78 is 0. The van der Waals surface area contributed by atoms with E-state index < -0.39 is 0 Å². The molecule has 0 aliphatic rings. The predicted molar refractivity (Wildman–Crippen MR) is 20.4 cm³/mol. The molecule has 2 heteroatoms. The van der Waals surface area contributed by atoms with E-state index in [1.165, 1.54) is 5.88 Å². The van der Waals surface area contributed by atoms with E-state index >= 15 is 0 Å². The van der Waals surface area contributed by atoms with Crippen molar-refractivity contribution in [1.29, 1.82) is 5.26 Å². The maximum absolute atomic E-state index is 7.70. The van der Waals surface area contributed by atoms with Crippen molar-refractivity contribution in [2.45, 2.75) is 6.42 Å². The third-order valence-corrected chi connectivity index (χ3v) is 0.323. The fourth-order valence-corrected chi connectivity index (χ4v) is 0.104. The molecule has 0 aliphatic carbocycles. The molecule has 0 heterocycles. The van der Waals surface area contributed by atoms with Crippen LogP contribution in [0.2, 0.25) is 0 Å². The standard InChI is InChI=1S/C3H3ClN/c4-2-1-3-5/h2H,1H2. The van der Waals surface area contributed by atoms with Gasteiger partial charge in [0.15, 0.2) is 0 Å². The molecule has 0 N–H and O–H groups in total. The van der Waals surface area contributed by atoms with Crippen LogP contribution in [0.3, 0.4) is 0 Å².